The number of fused-ring (bicyclic) bond motifs is 2. The lowest BCUT2D eigenvalue weighted by Crippen LogP contribution is -3.00. The number of H-pyrrole nitrogens is 1. The fraction of sp³-hybridized carbons (Fsp3) is 0.171. The van der Waals surface area contributed by atoms with Crippen LogP contribution in [0.4, 0.5) is 11.4 Å². The molecule has 3 heterocycles. The van der Waals surface area contributed by atoms with Crippen molar-refractivity contribution >= 4 is 61.3 Å². The van der Waals surface area contributed by atoms with Gasteiger partial charge in [0.15, 0.2) is 0 Å². The van der Waals surface area contributed by atoms with Gasteiger partial charge in [-0.1, -0.05) is 48.0 Å². The van der Waals surface area contributed by atoms with Gasteiger partial charge in [0.25, 0.3) is 5.56 Å². The summed E-state index contributed by atoms with van der Waals surface area (Å²) in [6.45, 7) is 3.22. The number of nitrogens with zero attached hydrogens (tertiary/aromatic N) is 2. The number of carbonyl (C=O) groups excluding carboxylic acids is 1. The number of aromatic nitrogens is 2. The smallest absolute Gasteiger partial charge is 0.272 e. The molecule has 1 unspecified atom stereocenters. The zero-order valence-corrected chi connectivity index (χ0v) is 26.3. The number of aromatic amines is 1. The van der Waals surface area contributed by atoms with Crippen LogP contribution in [0.1, 0.15) is 18.4 Å². The van der Waals surface area contributed by atoms with Crippen molar-refractivity contribution in [3.63, 3.8) is 0 Å². The fourth-order valence-electron chi connectivity index (χ4n) is 5.94. The molecule has 44 heavy (non-hydrogen) atoms. The van der Waals surface area contributed by atoms with Gasteiger partial charge >= 0.3 is 0 Å². The molecule has 7 rings (SSSR count). The van der Waals surface area contributed by atoms with E-state index < -0.39 is 0 Å². The number of anilines is 2. The number of aryl methyl sites for hydroxylation is 1. The van der Waals surface area contributed by atoms with Gasteiger partial charge < -0.3 is 27.6 Å². The highest BCUT2D eigenvalue weighted by Gasteiger charge is 2.29. The Balaban J connectivity index is 0.00000343. The Morgan fingerprint density at radius 2 is 1.80 bits per heavy atom. The van der Waals surface area contributed by atoms with Gasteiger partial charge in [-0.25, -0.2) is 4.98 Å². The molecule has 222 valence electrons. The molecule has 1 fully saturated rings. The Kier molecular flexibility index (Phi) is 8.45. The minimum atomic E-state index is -0.265. The summed E-state index contributed by atoms with van der Waals surface area (Å²) in [5, 5.41) is 5.54. The number of rotatable bonds is 5. The first-order valence-electron chi connectivity index (χ1n) is 14.4. The van der Waals surface area contributed by atoms with Crippen LogP contribution >= 0.6 is 22.9 Å². The lowest BCUT2D eigenvalue weighted by Gasteiger charge is -2.34. The van der Waals surface area contributed by atoms with Crippen LogP contribution in [-0.2, 0) is 4.79 Å². The van der Waals surface area contributed by atoms with E-state index in [2.05, 4.69) is 40.3 Å². The SMILES string of the molecule is Cc1ccc2nc(-c3ccc(NC(=O)C4CCCN(c5c(-c6ccccc6)c6cc(Cl)ccc6[nH]c5=O)C4)cc3)sc2c1.[Cl-]. The van der Waals surface area contributed by atoms with Crippen LogP contribution in [0.3, 0.4) is 0 Å². The van der Waals surface area contributed by atoms with E-state index in [9.17, 15) is 9.59 Å². The lowest BCUT2D eigenvalue weighted by atomic mass is 9.93. The summed E-state index contributed by atoms with van der Waals surface area (Å²) < 4.78 is 1.16. The Labute approximate surface area is 270 Å². The van der Waals surface area contributed by atoms with Crippen molar-refractivity contribution in [3.8, 4) is 21.7 Å². The van der Waals surface area contributed by atoms with Gasteiger partial charge in [0.2, 0.25) is 5.91 Å². The molecule has 2 N–H and O–H groups in total. The van der Waals surface area contributed by atoms with Crippen molar-refractivity contribution in [1.82, 2.24) is 9.97 Å². The third kappa shape index (κ3) is 5.83. The van der Waals surface area contributed by atoms with Crippen molar-refractivity contribution in [3.05, 3.63) is 112 Å². The molecule has 1 atom stereocenters. The summed E-state index contributed by atoms with van der Waals surface area (Å²) in [6.07, 6.45) is 1.55. The number of thiazole rings is 1. The highest BCUT2D eigenvalue weighted by atomic mass is 35.5. The zero-order valence-electron chi connectivity index (χ0n) is 23.9. The van der Waals surface area contributed by atoms with Gasteiger partial charge in [0, 0.05) is 45.8 Å². The van der Waals surface area contributed by atoms with E-state index >= 15 is 0 Å². The third-order valence-corrected chi connectivity index (χ3v) is 9.37. The van der Waals surface area contributed by atoms with E-state index in [-0.39, 0.29) is 29.8 Å². The van der Waals surface area contributed by atoms with Crippen molar-refractivity contribution in [2.45, 2.75) is 19.8 Å². The predicted molar refractivity (Wildman–Crippen MR) is 178 cm³/mol. The van der Waals surface area contributed by atoms with Crippen LogP contribution in [0.15, 0.2) is 95.8 Å². The number of carbonyl (C=O) groups is 1. The maximum atomic E-state index is 13.6. The van der Waals surface area contributed by atoms with E-state index in [1.807, 2.05) is 66.7 Å². The van der Waals surface area contributed by atoms with E-state index in [1.54, 1.807) is 17.4 Å². The lowest BCUT2D eigenvalue weighted by molar-refractivity contribution is -0.120. The molecule has 6 nitrogen and oxygen atoms in total. The Morgan fingerprint density at radius 3 is 2.59 bits per heavy atom. The molecule has 6 aromatic rings. The molecule has 0 aliphatic carbocycles. The van der Waals surface area contributed by atoms with E-state index in [4.69, 9.17) is 16.6 Å². The van der Waals surface area contributed by atoms with Crippen molar-refractivity contribution in [2.75, 3.05) is 23.3 Å². The van der Waals surface area contributed by atoms with Crippen LogP contribution in [0.5, 0.6) is 0 Å². The molecular formula is C35H29Cl2N4O2S-. The largest absolute Gasteiger partial charge is 1.00 e. The summed E-state index contributed by atoms with van der Waals surface area (Å²) in [5.41, 5.74) is 6.88. The second-order valence-corrected chi connectivity index (χ2v) is 12.5. The maximum absolute atomic E-state index is 13.6. The first-order chi connectivity index (χ1) is 20.9. The molecule has 2 aromatic heterocycles. The molecule has 0 spiro atoms. The van der Waals surface area contributed by atoms with Crippen LogP contribution < -0.4 is 28.2 Å². The Morgan fingerprint density at radius 1 is 1.00 bits per heavy atom. The molecule has 1 aliphatic heterocycles. The summed E-state index contributed by atoms with van der Waals surface area (Å²) in [6, 6.07) is 29.5. The predicted octanol–water partition coefficient (Wildman–Crippen LogP) is 5.29. The Bertz CT molecular complexity index is 2040. The summed E-state index contributed by atoms with van der Waals surface area (Å²) in [5.74, 6) is -0.312. The van der Waals surface area contributed by atoms with Crippen molar-refractivity contribution in [1.29, 1.82) is 0 Å². The summed E-state index contributed by atoms with van der Waals surface area (Å²) >= 11 is 8.07. The molecule has 1 saturated heterocycles. The van der Waals surface area contributed by atoms with E-state index in [0.717, 1.165) is 61.3 Å². The number of hydrogen-bond donors (Lipinski definition) is 2. The number of pyridine rings is 1. The zero-order chi connectivity index (χ0) is 29.5. The van der Waals surface area contributed by atoms with Gasteiger partial charge in [0.1, 0.15) is 10.7 Å². The molecule has 9 heteroatoms. The third-order valence-electron chi connectivity index (χ3n) is 8.07. The molecule has 0 radical (unpaired) electrons. The number of piperidine rings is 1. The topological polar surface area (TPSA) is 78.1 Å². The van der Waals surface area contributed by atoms with Gasteiger partial charge in [-0.05, 0) is 85.5 Å². The summed E-state index contributed by atoms with van der Waals surface area (Å²) in [7, 11) is 0. The quantitative estimate of drug-likeness (QED) is 0.269. The van der Waals surface area contributed by atoms with Gasteiger partial charge in [0.05, 0.1) is 16.1 Å². The van der Waals surface area contributed by atoms with Gasteiger partial charge in [-0.2, -0.15) is 0 Å². The molecule has 0 bridgehead atoms. The first kappa shape index (κ1) is 29.9. The molecule has 1 amide bonds. The second kappa shape index (κ2) is 12.4. The highest BCUT2D eigenvalue weighted by Crippen LogP contribution is 2.37. The van der Waals surface area contributed by atoms with E-state index in [0.29, 0.717) is 23.8 Å². The molecule has 4 aromatic carbocycles. The summed E-state index contributed by atoms with van der Waals surface area (Å²) in [4.78, 5) is 36.9. The van der Waals surface area contributed by atoms with Crippen LogP contribution in [-0.4, -0.2) is 29.0 Å². The highest BCUT2D eigenvalue weighted by molar-refractivity contribution is 7.21. The number of hydrogen-bond acceptors (Lipinski definition) is 5. The molecular weight excluding hydrogens is 611 g/mol. The maximum Gasteiger partial charge on any atom is 0.272 e. The average Bonchev–Trinajstić information content (AvgIpc) is 3.45. The van der Waals surface area contributed by atoms with Crippen LogP contribution in [0, 0.1) is 12.8 Å². The van der Waals surface area contributed by atoms with Crippen molar-refractivity contribution < 1.29 is 17.2 Å². The van der Waals surface area contributed by atoms with Gasteiger partial charge in [-0.3, -0.25) is 9.59 Å². The van der Waals surface area contributed by atoms with Crippen LogP contribution in [0.25, 0.3) is 42.8 Å². The van der Waals surface area contributed by atoms with Crippen LogP contribution in [0.2, 0.25) is 5.02 Å². The minimum absolute atomic E-state index is 0. The van der Waals surface area contributed by atoms with Gasteiger partial charge in [-0.15, -0.1) is 11.3 Å². The normalized spacial score (nSPS) is 14.9. The monoisotopic (exact) mass is 639 g/mol. The standard InChI is InChI=1S/C35H29ClN4O2S.ClH/c1-21-9-15-29-30(18-21)43-35(39-29)23-10-13-26(14-11-23)37-33(41)24-8-5-17-40(20-24)32-31(22-6-3-2-4-7-22)27-19-25(36)12-16-28(27)38-34(32)42;/h2-4,6-7,9-16,18-19,24H,5,8,17,20H2,1H3,(H,37,41)(H,38,42);1H/p-1. The molecule has 1 aliphatic rings. The first-order valence-corrected chi connectivity index (χ1v) is 15.6. The Hall–Kier alpha value is -4.17. The number of nitrogens with one attached hydrogen (secondary N) is 2. The fourth-order valence-corrected chi connectivity index (χ4v) is 7.19. The number of halogens is 2. The second-order valence-electron chi connectivity index (χ2n) is 11.1. The van der Waals surface area contributed by atoms with Crippen molar-refractivity contribution in [2.24, 2.45) is 5.92 Å². The van der Waals surface area contributed by atoms with E-state index in [1.165, 1.54) is 5.56 Å². The number of amides is 1. The minimum Gasteiger partial charge on any atom is -1.00 e. The average molecular weight is 641 g/mol. The number of benzene rings is 4. The molecule has 0 saturated carbocycles.